The number of nitrogens with two attached hydrogens (primary N) is 1. The molecule has 206 valence electrons. The van der Waals surface area contributed by atoms with Gasteiger partial charge in [0.2, 0.25) is 11.8 Å². The third kappa shape index (κ3) is 5.68. The first kappa shape index (κ1) is 26.9. The average molecular weight is 544 g/mol. The number of fused-ring (bicyclic) bond motifs is 1. The number of rotatable bonds is 6. The van der Waals surface area contributed by atoms with Crippen LogP contribution in [0.2, 0.25) is 0 Å². The Labute approximate surface area is 230 Å². The summed E-state index contributed by atoms with van der Waals surface area (Å²) in [5.41, 5.74) is 8.87. The van der Waals surface area contributed by atoms with Crippen molar-refractivity contribution in [3.05, 3.63) is 72.1 Å². The topological polar surface area (TPSA) is 136 Å². The molecule has 1 aliphatic rings. The molecule has 5 rings (SSSR count). The molecule has 0 bridgehead atoms. The van der Waals surface area contributed by atoms with Crippen LogP contribution in [0.15, 0.2) is 55.0 Å². The van der Waals surface area contributed by atoms with E-state index in [0.717, 1.165) is 16.8 Å². The third-order valence-corrected chi connectivity index (χ3v) is 7.14. The number of aromatic nitrogens is 4. The maximum absolute atomic E-state index is 14.4. The van der Waals surface area contributed by atoms with Crippen molar-refractivity contribution >= 4 is 34.4 Å². The fourth-order valence-electron chi connectivity index (χ4n) is 5.05. The van der Waals surface area contributed by atoms with Gasteiger partial charge >= 0.3 is 0 Å². The van der Waals surface area contributed by atoms with Gasteiger partial charge in [-0.25, -0.2) is 19.3 Å². The maximum atomic E-state index is 14.4. The number of carbonyl (C=O) groups excluding carboxylic acids is 3. The zero-order valence-corrected chi connectivity index (χ0v) is 22.3. The fourth-order valence-corrected chi connectivity index (χ4v) is 5.05. The monoisotopic (exact) mass is 543 g/mol. The van der Waals surface area contributed by atoms with Crippen molar-refractivity contribution in [3.63, 3.8) is 0 Å². The lowest BCUT2D eigenvalue weighted by Crippen LogP contribution is -2.48. The molecule has 1 aliphatic heterocycles. The number of amides is 3. The predicted octanol–water partition coefficient (Wildman–Crippen LogP) is 3.57. The first-order chi connectivity index (χ1) is 19.2. The first-order valence-corrected chi connectivity index (χ1v) is 13.1. The zero-order valence-electron chi connectivity index (χ0n) is 22.3. The molecular weight excluding hydrogens is 513 g/mol. The van der Waals surface area contributed by atoms with Gasteiger partial charge in [0.05, 0.1) is 5.56 Å². The van der Waals surface area contributed by atoms with E-state index in [9.17, 15) is 18.8 Å². The van der Waals surface area contributed by atoms with Gasteiger partial charge in [-0.3, -0.25) is 14.4 Å². The molecule has 0 saturated carbocycles. The molecule has 1 unspecified atom stereocenters. The van der Waals surface area contributed by atoms with Crippen LogP contribution in [0.4, 0.5) is 10.2 Å². The lowest BCUT2D eigenvalue weighted by atomic mass is 10.0. The highest BCUT2D eigenvalue weighted by Gasteiger charge is 2.34. The highest BCUT2D eigenvalue weighted by molar-refractivity contribution is 6.07. The molecule has 2 atom stereocenters. The predicted molar refractivity (Wildman–Crippen MR) is 148 cm³/mol. The Bertz CT molecular complexity index is 1580. The number of hydrogen-bond donors (Lipinski definition) is 2. The standard InChI is InChI=1S/C29H30FN7O3/c1-17-4-3-5-26(34-17)35-29(40)25-9-7-21(30)10-11-37(25)27(38)16-36-15-23(28(31)39)22-12-19(6-8-24(22)36)20-13-32-18(2)33-14-20/h3-6,8,12-15,21,25H,7,9-11,16H2,1-2H3,(H2,31,39)(H,34,35,40)/t21?,25-/m0/s1. The molecule has 4 heterocycles. The minimum Gasteiger partial charge on any atom is -0.366 e. The van der Waals surface area contributed by atoms with E-state index in [2.05, 4.69) is 20.3 Å². The van der Waals surface area contributed by atoms with Crippen LogP contribution in [0.25, 0.3) is 22.0 Å². The van der Waals surface area contributed by atoms with E-state index < -0.39 is 24.0 Å². The van der Waals surface area contributed by atoms with E-state index in [1.54, 1.807) is 48.3 Å². The number of pyridine rings is 1. The number of nitrogens with zero attached hydrogens (tertiary/aromatic N) is 5. The third-order valence-electron chi connectivity index (χ3n) is 7.14. The number of primary amides is 1. The summed E-state index contributed by atoms with van der Waals surface area (Å²) in [6.07, 6.45) is 4.33. The second-order valence-electron chi connectivity index (χ2n) is 10.0. The summed E-state index contributed by atoms with van der Waals surface area (Å²) in [6.45, 7) is 3.55. The number of aryl methyl sites for hydroxylation is 2. The number of hydrogen-bond acceptors (Lipinski definition) is 6. The second kappa shape index (κ2) is 11.2. The summed E-state index contributed by atoms with van der Waals surface area (Å²) in [5.74, 6) is -0.402. The molecular formula is C29H30FN7O3. The number of likely N-dealkylation sites (tertiary alicyclic amines) is 1. The summed E-state index contributed by atoms with van der Waals surface area (Å²) in [7, 11) is 0. The molecule has 4 aromatic rings. The van der Waals surface area contributed by atoms with Crippen molar-refractivity contribution in [2.45, 2.75) is 51.9 Å². The highest BCUT2D eigenvalue weighted by Crippen LogP contribution is 2.28. The van der Waals surface area contributed by atoms with Crippen LogP contribution >= 0.6 is 0 Å². The Morgan fingerprint density at radius 3 is 2.55 bits per heavy atom. The molecule has 3 N–H and O–H groups in total. The van der Waals surface area contributed by atoms with Crippen molar-refractivity contribution in [2.75, 3.05) is 11.9 Å². The Balaban J connectivity index is 1.43. The van der Waals surface area contributed by atoms with E-state index in [4.69, 9.17) is 5.73 Å². The number of anilines is 1. The maximum Gasteiger partial charge on any atom is 0.250 e. The van der Waals surface area contributed by atoms with Crippen molar-refractivity contribution in [2.24, 2.45) is 5.73 Å². The molecule has 1 aromatic carbocycles. The molecule has 40 heavy (non-hydrogen) atoms. The molecule has 3 amide bonds. The zero-order chi connectivity index (χ0) is 28.4. The van der Waals surface area contributed by atoms with Gasteiger partial charge in [-0.1, -0.05) is 12.1 Å². The first-order valence-electron chi connectivity index (χ1n) is 13.1. The summed E-state index contributed by atoms with van der Waals surface area (Å²) in [5, 5.41) is 3.35. The van der Waals surface area contributed by atoms with Crippen molar-refractivity contribution in [3.8, 4) is 11.1 Å². The number of alkyl halides is 1. The minimum atomic E-state index is -1.11. The van der Waals surface area contributed by atoms with Crippen LogP contribution in [0.1, 0.15) is 41.1 Å². The highest BCUT2D eigenvalue weighted by atomic mass is 19.1. The van der Waals surface area contributed by atoms with Crippen LogP contribution < -0.4 is 11.1 Å². The largest absolute Gasteiger partial charge is 0.366 e. The van der Waals surface area contributed by atoms with Crippen LogP contribution in [-0.2, 0) is 16.1 Å². The summed E-state index contributed by atoms with van der Waals surface area (Å²) < 4.78 is 16.0. The average Bonchev–Trinajstić information content (AvgIpc) is 3.15. The van der Waals surface area contributed by atoms with Gasteiger partial charge in [0.1, 0.15) is 30.4 Å². The SMILES string of the molecule is Cc1cccc(NC(=O)[C@@H]2CCC(F)CCN2C(=O)Cn2cc(C(N)=O)c3cc(-c4cnc(C)nc4)ccc32)n1. The number of halogens is 1. The van der Waals surface area contributed by atoms with E-state index in [1.807, 2.05) is 25.1 Å². The summed E-state index contributed by atoms with van der Waals surface area (Å²) in [6, 6.07) is 9.86. The molecule has 3 aromatic heterocycles. The van der Waals surface area contributed by atoms with E-state index >= 15 is 0 Å². The van der Waals surface area contributed by atoms with Gasteiger partial charge in [0.15, 0.2) is 0 Å². The lowest BCUT2D eigenvalue weighted by molar-refractivity contribution is -0.139. The Hall–Kier alpha value is -4.67. The van der Waals surface area contributed by atoms with Gasteiger partial charge in [0.25, 0.3) is 5.91 Å². The molecule has 0 radical (unpaired) electrons. The lowest BCUT2D eigenvalue weighted by Gasteiger charge is -2.29. The molecule has 0 aliphatic carbocycles. The summed E-state index contributed by atoms with van der Waals surface area (Å²) in [4.78, 5) is 53.4. The van der Waals surface area contributed by atoms with E-state index in [0.29, 0.717) is 22.5 Å². The molecule has 0 spiro atoms. The smallest absolute Gasteiger partial charge is 0.250 e. The van der Waals surface area contributed by atoms with Crippen LogP contribution in [0.5, 0.6) is 0 Å². The van der Waals surface area contributed by atoms with Crippen LogP contribution in [0.3, 0.4) is 0 Å². The fraction of sp³-hybridized carbons (Fsp3) is 0.310. The van der Waals surface area contributed by atoms with Gasteiger partial charge in [-0.2, -0.15) is 0 Å². The quantitative estimate of drug-likeness (QED) is 0.382. The molecule has 1 saturated heterocycles. The Morgan fingerprint density at radius 2 is 1.82 bits per heavy atom. The molecule has 1 fully saturated rings. The normalized spacial score (nSPS) is 17.4. The Morgan fingerprint density at radius 1 is 1.05 bits per heavy atom. The van der Waals surface area contributed by atoms with Crippen LogP contribution in [0, 0.1) is 13.8 Å². The van der Waals surface area contributed by atoms with Gasteiger partial charge in [-0.05, 0) is 62.9 Å². The van der Waals surface area contributed by atoms with E-state index in [-0.39, 0.29) is 43.8 Å². The van der Waals surface area contributed by atoms with Crippen LogP contribution in [-0.4, -0.2) is 60.9 Å². The van der Waals surface area contributed by atoms with Crippen molar-refractivity contribution in [1.82, 2.24) is 24.4 Å². The molecule has 11 heteroatoms. The van der Waals surface area contributed by atoms with Gasteiger partial charge in [0, 0.05) is 47.3 Å². The second-order valence-corrected chi connectivity index (χ2v) is 10.0. The van der Waals surface area contributed by atoms with E-state index in [1.165, 1.54) is 4.90 Å². The number of nitrogens with one attached hydrogen (secondary N) is 1. The van der Waals surface area contributed by atoms with Crippen molar-refractivity contribution < 1.29 is 18.8 Å². The Kier molecular flexibility index (Phi) is 7.54. The summed E-state index contributed by atoms with van der Waals surface area (Å²) >= 11 is 0. The van der Waals surface area contributed by atoms with Gasteiger partial charge < -0.3 is 20.5 Å². The molecule has 10 nitrogen and oxygen atoms in total. The minimum absolute atomic E-state index is 0.0960. The number of carbonyl (C=O) groups is 3. The van der Waals surface area contributed by atoms with Gasteiger partial charge in [-0.15, -0.1) is 0 Å². The number of benzene rings is 1. The van der Waals surface area contributed by atoms with Crippen molar-refractivity contribution in [1.29, 1.82) is 0 Å².